The lowest BCUT2D eigenvalue weighted by Crippen LogP contribution is -2.22. The van der Waals surface area contributed by atoms with Gasteiger partial charge >= 0.3 is 0 Å². The van der Waals surface area contributed by atoms with Gasteiger partial charge in [0.2, 0.25) is 0 Å². The van der Waals surface area contributed by atoms with Crippen LogP contribution in [0.3, 0.4) is 0 Å². The van der Waals surface area contributed by atoms with Crippen LogP contribution < -0.4 is 5.32 Å². The number of halogens is 2. The van der Waals surface area contributed by atoms with E-state index in [4.69, 9.17) is 10.00 Å². The fourth-order valence-electron chi connectivity index (χ4n) is 1.31. The summed E-state index contributed by atoms with van der Waals surface area (Å²) < 4.78 is 28.1. The van der Waals surface area contributed by atoms with Crippen molar-refractivity contribution >= 4 is 0 Å². The molecule has 0 aliphatic heterocycles. The maximum absolute atomic E-state index is 11.7. The zero-order valence-electron chi connectivity index (χ0n) is 10.6. The van der Waals surface area contributed by atoms with Crippen LogP contribution in [0.25, 0.3) is 0 Å². The average molecular weight is 248 g/mol. The standard InChI is InChI=1S/C12H22F2N2O/c1-12(2,10-15)5-3-4-6-16-7-8-17-9-11(13)14/h11,16H,3-9H2,1-2H3. The van der Waals surface area contributed by atoms with E-state index in [1.165, 1.54) is 0 Å². The molecule has 0 aromatic carbocycles. The van der Waals surface area contributed by atoms with Crippen molar-refractivity contribution in [2.75, 3.05) is 26.3 Å². The van der Waals surface area contributed by atoms with Crippen LogP contribution in [-0.4, -0.2) is 32.7 Å². The highest BCUT2D eigenvalue weighted by atomic mass is 19.3. The van der Waals surface area contributed by atoms with E-state index in [1.54, 1.807) is 0 Å². The lowest BCUT2D eigenvalue weighted by molar-refractivity contribution is 0.0188. The van der Waals surface area contributed by atoms with Crippen LogP contribution in [0.1, 0.15) is 33.1 Å². The smallest absolute Gasteiger partial charge is 0.261 e. The minimum Gasteiger partial charge on any atom is -0.374 e. The summed E-state index contributed by atoms with van der Waals surface area (Å²) in [5.74, 6) is 0. The Hall–Kier alpha value is -0.730. The molecular formula is C12H22F2N2O. The summed E-state index contributed by atoms with van der Waals surface area (Å²) in [4.78, 5) is 0. The Balaban J connectivity index is 3.17. The number of nitrogens with one attached hydrogen (secondary N) is 1. The van der Waals surface area contributed by atoms with Gasteiger partial charge in [-0.3, -0.25) is 0 Å². The second-order valence-corrected chi connectivity index (χ2v) is 4.67. The lowest BCUT2D eigenvalue weighted by atomic mass is 9.89. The molecule has 5 heteroatoms. The highest BCUT2D eigenvalue weighted by Gasteiger charge is 2.15. The minimum absolute atomic E-state index is 0.250. The molecule has 0 unspecified atom stereocenters. The van der Waals surface area contributed by atoms with E-state index in [-0.39, 0.29) is 5.41 Å². The van der Waals surface area contributed by atoms with Gasteiger partial charge in [-0.1, -0.05) is 6.42 Å². The summed E-state index contributed by atoms with van der Waals surface area (Å²) >= 11 is 0. The van der Waals surface area contributed by atoms with Crippen LogP contribution in [0.5, 0.6) is 0 Å². The van der Waals surface area contributed by atoms with Gasteiger partial charge in [-0.25, -0.2) is 8.78 Å². The van der Waals surface area contributed by atoms with Gasteiger partial charge in [-0.15, -0.1) is 0 Å². The maximum Gasteiger partial charge on any atom is 0.261 e. The zero-order valence-corrected chi connectivity index (χ0v) is 10.6. The highest BCUT2D eigenvalue weighted by Crippen LogP contribution is 2.21. The maximum atomic E-state index is 11.7. The molecule has 0 aromatic rings. The summed E-state index contributed by atoms with van der Waals surface area (Å²) in [5, 5.41) is 11.9. The number of ether oxygens (including phenoxy) is 1. The molecule has 0 atom stereocenters. The number of hydrogen-bond donors (Lipinski definition) is 1. The van der Waals surface area contributed by atoms with Crippen LogP contribution in [0.2, 0.25) is 0 Å². The van der Waals surface area contributed by atoms with Crippen molar-refractivity contribution in [3.05, 3.63) is 0 Å². The summed E-state index contributed by atoms with van der Waals surface area (Å²) in [6, 6.07) is 2.26. The first-order valence-corrected chi connectivity index (χ1v) is 5.96. The normalized spacial score (nSPS) is 11.8. The first-order valence-electron chi connectivity index (χ1n) is 5.96. The summed E-state index contributed by atoms with van der Waals surface area (Å²) in [7, 11) is 0. The predicted molar refractivity (Wildman–Crippen MR) is 62.9 cm³/mol. The monoisotopic (exact) mass is 248 g/mol. The van der Waals surface area contributed by atoms with Crippen molar-refractivity contribution in [2.24, 2.45) is 5.41 Å². The number of nitriles is 1. The third kappa shape index (κ3) is 11.5. The van der Waals surface area contributed by atoms with Gasteiger partial charge in [0.1, 0.15) is 6.61 Å². The molecule has 0 heterocycles. The first-order chi connectivity index (χ1) is 7.98. The molecule has 0 rings (SSSR count). The van der Waals surface area contributed by atoms with Gasteiger partial charge in [-0.05, 0) is 33.2 Å². The second kappa shape index (κ2) is 9.32. The molecule has 0 fully saturated rings. The van der Waals surface area contributed by atoms with Gasteiger partial charge < -0.3 is 10.1 Å². The van der Waals surface area contributed by atoms with Gasteiger partial charge in [0.05, 0.1) is 18.1 Å². The van der Waals surface area contributed by atoms with Crippen LogP contribution in [0, 0.1) is 16.7 Å². The fraction of sp³-hybridized carbons (Fsp3) is 0.917. The van der Waals surface area contributed by atoms with Crippen molar-refractivity contribution in [3.63, 3.8) is 0 Å². The van der Waals surface area contributed by atoms with Gasteiger partial charge in [0, 0.05) is 6.54 Å². The van der Waals surface area contributed by atoms with Gasteiger partial charge in [-0.2, -0.15) is 5.26 Å². The Labute approximate surface area is 102 Å². The van der Waals surface area contributed by atoms with E-state index in [1.807, 2.05) is 13.8 Å². The molecule has 0 bridgehead atoms. The predicted octanol–water partition coefficient (Wildman–Crippen LogP) is 2.58. The molecule has 0 saturated carbocycles. The number of unbranched alkanes of at least 4 members (excludes halogenated alkanes) is 1. The Bertz CT molecular complexity index is 227. The average Bonchev–Trinajstić information content (AvgIpc) is 2.26. The fourth-order valence-corrected chi connectivity index (χ4v) is 1.31. The molecule has 0 aliphatic carbocycles. The van der Waals surface area contributed by atoms with Crippen molar-refractivity contribution in [1.82, 2.24) is 5.32 Å². The van der Waals surface area contributed by atoms with Crippen LogP contribution in [0.15, 0.2) is 0 Å². The molecule has 0 radical (unpaired) electrons. The molecule has 0 amide bonds. The van der Waals surface area contributed by atoms with Crippen molar-refractivity contribution in [2.45, 2.75) is 39.5 Å². The van der Waals surface area contributed by atoms with Crippen LogP contribution >= 0.6 is 0 Å². The SMILES string of the molecule is CC(C)(C#N)CCCCNCCOCC(F)F. The van der Waals surface area contributed by atoms with E-state index in [2.05, 4.69) is 11.4 Å². The third-order valence-corrected chi connectivity index (χ3v) is 2.38. The Morgan fingerprint density at radius 2 is 2.00 bits per heavy atom. The number of rotatable bonds is 10. The Morgan fingerprint density at radius 1 is 1.29 bits per heavy atom. The van der Waals surface area contributed by atoms with E-state index in [0.717, 1.165) is 25.8 Å². The molecule has 0 aromatic heterocycles. The van der Waals surface area contributed by atoms with E-state index in [0.29, 0.717) is 13.2 Å². The summed E-state index contributed by atoms with van der Waals surface area (Å²) in [5.41, 5.74) is -0.250. The molecule has 0 aliphatic rings. The van der Waals surface area contributed by atoms with Crippen LogP contribution in [-0.2, 0) is 4.74 Å². The third-order valence-electron chi connectivity index (χ3n) is 2.38. The summed E-state index contributed by atoms with van der Waals surface area (Å²) in [6.07, 6.45) is 0.474. The molecule has 0 spiro atoms. The van der Waals surface area contributed by atoms with Crippen molar-refractivity contribution in [1.29, 1.82) is 5.26 Å². The van der Waals surface area contributed by atoms with Crippen LogP contribution in [0.4, 0.5) is 8.78 Å². The number of nitrogens with zero attached hydrogens (tertiary/aromatic N) is 1. The molecule has 3 nitrogen and oxygen atoms in total. The summed E-state index contributed by atoms with van der Waals surface area (Å²) in [6.45, 7) is 5.11. The van der Waals surface area contributed by atoms with E-state index < -0.39 is 13.0 Å². The van der Waals surface area contributed by atoms with Crippen molar-refractivity contribution < 1.29 is 13.5 Å². The molecule has 0 saturated heterocycles. The molecule has 100 valence electrons. The number of alkyl halides is 2. The van der Waals surface area contributed by atoms with Crippen molar-refractivity contribution in [3.8, 4) is 6.07 Å². The highest BCUT2D eigenvalue weighted by molar-refractivity contribution is 4.91. The molecule has 1 N–H and O–H groups in total. The van der Waals surface area contributed by atoms with Gasteiger partial charge in [0.25, 0.3) is 6.43 Å². The quantitative estimate of drug-likeness (QED) is 0.604. The largest absolute Gasteiger partial charge is 0.374 e. The van der Waals surface area contributed by atoms with Gasteiger partial charge in [0.15, 0.2) is 0 Å². The lowest BCUT2D eigenvalue weighted by Gasteiger charge is -2.14. The molecular weight excluding hydrogens is 226 g/mol. The number of hydrogen-bond acceptors (Lipinski definition) is 3. The topological polar surface area (TPSA) is 45.0 Å². The van der Waals surface area contributed by atoms with E-state index in [9.17, 15) is 8.78 Å². The zero-order chi connectivity index (χ0) is 13.1. The Morgan fingerprint density at radius 3 is 2.59 bits per heavy atom. The molecule has 17 heavy (non-hydrogen) atoms. The first kappa shape index (κ1) is 16.3. The van der Waals surface area contributed by atoms with E-state index >= 15 is 0 Å². The second-order valence-electron chi connectivity index (χ2n) is 4.67. The Kier molecular flexibility index (Phi) is 8.92. The minimum atomic E-state index is -2.39.